The first-order valence-electron chi connectivity index (χ1n) is 14.4. The number of nitrogens with one attached hydrogen (secondary N) is 2. The standard InChI is InChI=1S/C34H38N4O3S/c1-23-22-42-31(36-23)21-38(2)34(41)28-15-9-14-27(19-28)33(40)37-30(17-25-12-7-4-8-13-25)32(39)29-18-26(20-35-29)16-24-10-5-3-6-11-24/h3-15,19,22,26,29-30,32,35,39H,16-18,20-21H2,1-2H3,(H,37,40)/t26-,29-,30+,32-/m1/s1. The Bertz CT molecular complexity index is 1480. The van der Waals surface area contributed by atoms with Gasteiger partial charge < -0.3 is 20.6 Å². The normalized spacial score (nSPS) is 17.9. The first-order chi connectivity index (χ1) is 20.4. The van der Waals surface area contributed by atoms with Crippen LogP contribution in [0.3, 0.4) is 0 Å². The van der Waals surface area contributed by atoms with Gasteiger partial charge in [0, 0.05) is 35.3 Å². The summed E-state index contributed by atoms with van der Waals surface area (Å²) in [6.07, 6.45) is 1.48. The van der Waals surface area contributed by atoms with Crippen molar-refractivity contribution >= 4 is 23.2 Å². The van der Waals surface area contributed by atoms with Crippen molar-refractivity contribution in [3.63, 3.8) is 0 Å². The molecule has 7 nitrogen and oxygen atoms in total. The van der Waals surface area contributed by atoms with Crippen LogP contribution in [0.1, 0.15) is 49.0 Å². The molecule has 0 saturated carbocycles. The molecule has 42 heavy (non-hydrogen) atoms. The lowest BCUT2D eigenvalue weighted by Crippen LogP contribution is -2.52. The van der Waals surface area contributed by atoms with Gasteiger partial charge in [-0.2, -0.15) is 0 Å². The second kappa shape index (κ2) is 13.9. The maximum absolute atomic E-state index is 13.5. The summed E-state index contributed by atoms with van der Waals surface area (Å²) in [5, 5.41) is 21.0. The number of nitrogens with zero attached hydrogens (tertiary/aromatic N) is 2. The minimum Gasteiger partial charge on any atom is -0.389 e. The molecule has 1 fully saturated rings. The van der Waals surface area contributed by atoms with Crippen LogP contribution in [0.25, 0.3) is 0 Å². The monoisotopic (exact) mass is 582 g/mol. The van der Waals surface area contributed by atoms with Crippen molar-refractivity contribution in [3.05, 3.63) is 123 Å². The number of aryl methyl sites for hydroxylation is 1. The Labute approximate surface area is 251 Å². The predicted octanol–water partition coefficient (Wildman–Crippen LogP) is 4.65. The Hall–Kier alpha value is -3.85. The Kier molecular flexibility index (Phi) is 9.79. The lowest BCUT2D eigenvalue weighted by Gasteiger charge is -2.29. The van der Waals surface area contributed by atoms with Gasteiger partial charge in [-0.1, -0.05) is 66.7 Å². The average Bonchev–Trinajstić information content (AvgIpc) is 3.65. The van der Waals surface area contributed by atoms with Gasteiger partial charge in [0.15, 0.2) is 0 Å². The highest BCUT2D eigenvalue weighted by atomic mass is 32.1. The third-order valence-electron chi connectivity index (χ3n) is 7.82. The van der Waals surface area contributed by atoms with E-state index in [0.29, 0.717) is 30.0 Å². The number of carbonyl (C=O) groups excluding carboxylic acids is 2. The van der Waals surface area contributed by atoms with E-state index in [1.807, 2.05) is 48.7 Å². The number of benzene rings is 3. The zero-order chi connectivity index (χ0) is 29.5. The minimum atomic E-state index is -0.785. The fourth-order valence-electron chi connectivity index (χ4n) is 5.63. The molecule has 1 aliphatic heterocycles. The molecule has 2 heterocycles. The van der Waals surface area contributed by atoms with Crippen LogP contribution < -0.4 is 10.6 Å². The van der Waals surface area contributed by atoms with Gasteiger partial charge in [0.2, 0.25) is 0 Å². The summed E-state index contributed by atoms with van der Waals surface area (Å²) >= 11 is 1.52. The third-order valence-corrected chi connectivity index (χ3v) is 8.77. The van der Waals surface area contributed by atoms with Crippen LogP contribution in [0.2, 0.25) is 0 Å². The van der Waals surface area contributed by atoms with Crippen molar-refractivity contribution in [2.45, 2.75) is 50.9 Å². The molecule has 218 valence electrons. The maximum atomic E-state index is 13.5. The molecule has 1 aliphatic rings. The number of aromatic nitrogens is 1. The van der Waals surface area contributed by atoms with Crippen molar-refractivity contribution < 1.29 is 14.7 Å². The molecule has 8 heteroatoms. The fourth-order valence-corrected chi connectivity index (χ4v) is 6.45. The van der Waals surface area contributed by atoms with Gasteiger partial charge in [-0.05, 0) is 68.0 Å². The van der Waals surface area contributed by atoms with Gasteiger partial charge in [0.05, 0.1) is 18.7 Å². The lowest BCUT2D eigenvalue weighted by atomic mass is 9.91. The van der Waals surface area contributed by atoms with E-state index in [1.165, 1.54) is 16.9 Å². The maximum Gasteiger partial charge on any atom is 0.253 e. The highest BCUT2D eigenvalue weighted by Gasteiger charge is 2.35. The molecule has 4 atom stereocenters. The molecular formula is C34H38N4O3S. The Morgan fingerprint density at radius 2 is 1.71 bits per heavy atom. The highest BCUT2D eigenvalue weighted by Crippen LogP contribution is 2.24. The Morgan fingerprint density at radius 3 is 2.40 bits per heavy atom. The molecule has 3 N–H and O–H groups in total. The first kappa shape index (κ1) is 29.6. The molecule has 1 aromatic heterocycles. The van der Waals surface area contributed by atoms with Gasteiger partial charge in [-0.15, -0.1) is 11.3 Å². The summed E-state index contributed by atoms with van der Waals surface area (Å²) in [6, 6.07) is 26.4. The number of rotatable bonds is 11. The molecule has 0 radical (unpaired) electrons. The first-order valence-corrected chi connectivity index (χ1v) is 15.3. The summed E-state index contributed by atoms with van der Waals surface area (Å²) < 4.78 is 0. The van der Waals surface area contributed by atoms with Gasteiger partial charge >= 0.3 is 0 Å². The molecule has 3 aromatic carbocycles. The van der Waals surface area contributed by atoms with E-state index in [9.17, 15) is 14.7 Å². The topological polar surface area (TPSA) is 94.6 Å². The van der Waals surface area contributed by atoms with E-state index in [2.05, 4.69) is 39.9 Å². The van der Waals surface area contributed by atoms with Crippen LogP contribution in [0.5, 0.6) is 0 Å². The van der Waals surface area contributed by atoms with Crippen LogP contribution in [0.15, 0.2) is 90.3 Å². The molecule has 0 bridgehead atoms. The molecule has 5 rings (SSSR count). The summed E-state index contributed by atoms with van der Waals surface area (Å²) in [5.74, 6) is -0.0900. The van der Waals surface area contributed by atoms with E-state index in [-0.39, 0.29) is 17.9 Å². The molecular weight excluding hydrogens is 544 g/mol. The number of aliphatic hydroxyl groups is 1. The van der Waals surface area contributed by atoms with Crippen molar-refractivity contribution in [3.8, 4) is 0 Å². The summed E-state index contributed by atoms with van der Waals surface area (Å²) in [5.41, 5.74) is 4.06. The second-order valence-electron chi connectivity index (χ2n) is 11.2. The van der Waals surface area contributed by atoms with E-state index in [1.54, 1.807) is 36.2 Å². The zero-order valence-corrected chi connectivity index (χ0v) is 24.9. The van der Waals surface area contributed by atoms with Crippen molar-refractivity contribution in [1.29, 1.82) is 0 Å². The molecule has 1 saturated heterocycles. The Balaban J connectivity index is 1.27. The SMILES string of the molecule is Cc1csc(CN(C)C(=O)c2cccc(C(=O)N[C@@H](Cc3ccccc3)[C@H](O)[C@H]3C[C@@H](Cc4ccccc4)CN3)c2)n1. The predicted molar refractivity (Wildman–Crippen MR) is 167 cm³/mol. The van der Waals surface area contributed by atoms with Crippen LogP contribution >= 0.6 is 11.3 Å². The third kappa shape index (κ3) is 7.70. The molecule has 4 aromatic rings. The fraction of sp³-hybridized carbons (Fsp3) is 0.324. The lowest BCUT2D eigenvalue weighted by molar-refractivity contribution is 0.0732. The Morgan fingerprint density at radius 1 is 1.02 bits per heavy atom. The van der Waals surface area contributed by atoms with Gasteiger partial charge in [-0.25, -0.2) is 4.98 Å². The summed E-state index contributed by atoms with van der Waals surface area (Å²) in [7, 11) is 1.73. The second-order valence-corrected chi connectivity index (χ2v) is 12.1. The molecule has 0 aliphatic carbocycles. The average molecular weight is 583 g/mol. The van der Waals surface area contributed by atoms with E-state index in [4.69, 9.17) is 0 Å². The van der Waals surface area contributed by atoms with E-state index in [0.717, 1.165) is 35.7 Å². The van der Waals surface area contributed by atoms with Crippen LogP contribution in [-0.4, -0.2) is 58.6 Å². The van der Waals surface area contributed by atoms with Crippen LogP contribution in [0, 0.1) is 12.8 Å². The van der Waals surface area contributed by atoms with E-state index < -0.39 is 12.1 Å². The number of hydrogen-bond acceptors (Lipinski definition) is 6. The van der Waals surface area contributed by atoms with Crippen LogP contribution in [0.4, 0.5) is 0 Å². The van der Waals surface area contributed by atoms with Gasteiger partial charge in [0.25, 0.3) is 11.8 Å². The van der Waals surface area contributed by atoms with E-state index >= 15 is 0 Å². The summed E-state index contributed by atoms with van der Waals surface area (Å²) in [4.78, 5) is 32.7. The summed E-state index contributed by atoms with van der Waals surface area (Å²) in [6.45, 7) is 3.15. The van der Waals surface area contributed by atoms with Crippen molar-refractivity contribution in [2.75, 3.05) is 13.6 Å². The number of aliphatic hydroxyl groups excluding tert-OH is 1. The quantitative estimate of drug-likeness (QED) is 0.240. The molecule has 2 amide bonds. The number of carbonyl (C=O) groups is 2. The highest BCUT2D eigenvalue weighted by molar-refractivity contribution is 7.09. The van der Waals surface area contributed by atoms with Crippen molar-refractivity contribution in [1.82, 2.24) is 20.5 Å². The molecule has 0 spiro atoms. The van der Waals surface area contributed by atoms with Gasteiger partial charge in [-0.3, -0.25) is 9.59 Å². The number of hydrogen-bond donors (Lipinski definition) is 3. The molecule has 0 unspecified atom stereocenters. The van der Waals surface area contributed by atoms with Gasteiger partial charge in [0.1, 0.15) is 5.01 Å². The smallest absolute Gasteiger partial charge is 0.253 e. The largest absolute Gasteiger partial charge is 0.389 e. The minimum absolute atomic E-state index is 0.135. The number of thiazole rings is 1. The van der Waals surface area contributed by atoms with Crippen molar-refractivity contribution in [2.24, 2.45) is 5.92 Å². The number of amides is 2. The van der Waals surface area contributed by atoms with Crippen LogP contribution in [-0.2, 0) is 19.4 Å². The zero-order valence-electron chi connectivity index (χ0n) is 24.1.